The normalized spacial score (nSPS) is 14.1. The summed E-state index contributed by atoms with van der Waals surface area (Å²) in [4.78, 5) is 27.9. The van der Waals surface area contributed by atoms with Crippen LogP contribution >= 0.6 is 23.2 Å². The zero-order chi connectivity index (χ0) is 19.4. The minimum Gasteiger partial charge on any atom is -0.325 e. The monoisotopic (exact) mass is 405 g/mol. The first-order valence-electron chi connectivity index (χ1n) is 8.74. The Balaban J connectivity index is 1.58. The number of hydrogen-bond donors (Lipinski definition) is 1. The average Bonchev–Trinajstić information content (AvgIpc) is 2.99. The van der Waals surface area contributed by atoms with Gasteiger partial charge in [0.25, 0.3) is 0 Å². The zero-order valence-corrected chi connectivity index (χ0v) is 16.6. The van der Waals surface area contributed by atoms with Gasteiger partial charge in [-0.3, -0.25) is 14.5 Å². The molecule has 1 aliphatic rings. The number of anilines is 2. The van der Waals surface area contributed by atoms with E-state index in [4.69, 9.17) is 23.2 Å². The summed E-state index contributed by atoms with van der Waals surface area (Å²) in [5.41, 5.74) is 2.44. The van der Waals surface area contributed by atoms with Crippen molar-refractivity contribution in [2.45, 2.75) is 19.4 Å². The Morgan fingerprint density at radius 2 is 1.93 bits per heavy atom. The molecule has 0 unspecified atom stereocenters. The van der Waals surface area contributed by atoms with Gasteiger partial charge in [0, 0.05) is 40.9 Å². The standard InChI is InChI=1S/C20H21Cl2N3O2/c1-24(12-14-8-15(21)10-16(22)9-14)13-19(26)23-17-4-2-5-18(11-17)25-7-3-6-20(25)27/h2,4-5,8-11H,3,6-7,12-13H2,1H3,(H,23,26). The first-order valence-corrected chi connectivity index (χ1v) is 9.50. The number of nitrogens with zero attached hydrogens (tertiary/aromatic N) is 2. The van der Waals surface area contributed by atoms with Crippen LogP contribution < -0.4 is 10.2 Å². The lowest BCUT2D eigenvalue weighted by Gasteiger charge is -2.18. The summed E-state index contributed by atoms with van der Waals surface area (Å²) in [6, 6.07) is 12.7. The summed E-state index contributed by atoms with van der Waals surface area (Å²) in [6.45, 7) is 1.49. The average molecular weight is 406 g/mol. The summed E-state index contributed by atoms with van der Waals surface area (Å²) in [6.07, 6.45) is 1.45. The van der Waals surface area contributed by atoms with Crippen LogP contribution in [0.3, 0.4) is 0 Å². The van der Waals surface area contributed by atoms with Gasteiger partial charge in [-0.2, -0.15) is 0 Å². The zero-order valence-electron chi connectivity index (χ0n) is 15.0. The van der Waals surface area contributed by atoms with Crippen molar-refractivity contribution >= 4 is 46.4 Å². The molecule has 0 aromatic heterocycles. The molecule has 5 nitrogen and oxygen atoms in total. The fourth-order valence-corrected chi connectivity index (χ4v) is 3.76. The Morgan fingerprint density at radius 3 is 2.59 bits per heavy atom. The highest BCUT2D eigenvalue weighted by molar-refractivity contribution is 6.34. The van der Waals surface area contributed by atoms with Gasteiger partial charge in [-0.25, -0.2) is 0 Å². The molecule has 2 aromatic rings. The van der Waals surface area contributed by atoms with E-state index in [1.165, 1.54) is 0 Å². The number of benzene rings is 2. The second-order valence-corrected chi connectivity index (χ2v) is 7.57. The SMILES string of the molecule is CN(CC(=O)Nc1cccc(N2CCCC2=O)c1)Cc1cc(Cl)cc(Cl)c1. The maximum atomic E-state index is 12.4. The van der Waals surface area contributed by atoms with E-state index in [0.717, 1.165) is 24.2 Å². The lowest BCUT2D eigenvalue weighted by Crippen LogP contribution is -2.30. The fourth-order valence-electron chi connectivity index (χ4n) is 3.19. The highest BCUT2D eigenvalue weighted by atomic mass is 35.5. The molecule has 0 radical (unpaired) electrons. The summed E-state index contributed by atoms with van der Waals surface area (Å²) >= 11 is 12.0. The third-order valence-corrected chi connectivity index (χ3v) is 4.74. The third kappa shape index (κ3) is 5.45. The molecule has 0 spiro atoms. The molecule has 2 aromatic carbocycles. The van der Waals surface area contributed by atoms with E-state index < -0.39 is 0 Å². The number of carbonyl (C=O) groups excluding carboxylic acids is 2. The van der Waals surface area contributed by atoms with Crippen LogP contribution in [0.1, 0.15) is 18.4 Å². The van der Waals surface area contributed by atoms with Crippen LogP contribution in [0.2, 0.25) is 10.0 Å². The van der Waals surface area contributed by atoms with Crippen LogP contribution in [0.4, 0.5) is 11.4 Å². The highest BCUT2D eigenvalue weighted by Gasteiger charge is 2.21. The molecule has 0 bridgehead atoms. The van der Waals surface area contributed by atoms with Crippen LogP contribution in [0.15, 0.2) is 42.5 Å². The molecule has 1 saturated heterocycles. The van der Waals surface area contributed by atoms with E-state index in [0.29, 0.717) is 28.7 Å². The fraction of sp³-hybridized carbons (Fsp3) is 0.300. The number of nitrogens with one attached hydrogen (secondary N) is 1. The predicted molar refractivity (Wildman–Crippen MR) is 109 cm³/mol. The van der Waals surface area contributed by atoms with Crippen molar-refractivity contribution in [2.75, 3.05) is 30.4 Å². The summed E-state index contributed by atoms with van der Waals surface area (Å²) in [5, 5.41) is 4.03. The third-order valence-electron chi connectivity index (χ3n) is 4.30. The summed E-state index contributed by atoms with van der Waals surface area (Å²) in [7, 11) is 1.85. The van der Waals surface area contributed by atoms with Crippen LogP contribution in [0, 0.1) is 0 Å². The topological polar surface area (TPSA) is 52.7 Å². The summed E-state index contributed by atoms with van der Waals surface area (Å²) < 4.78 is 0. The Morgan fingerprint density at radius 1 is 1.19 bits per heavy atom. The molecule has 0 atom stereocenters. The molecule has 1 N–H and O–H groups in total. The Hall–Kier alpha value is -2.08. The van der Waals surface area contributed by atoms with Crippen molar-refractivity contribution in [1.29, 1.82) is 0 Å². The second-order valence-electron chi connectivity index (χ2n) is 6.70. The van der Waals surface area contributed by atoms with Gasteiger partial charge in [-0.15, -0.1) is 0 Å². The van der Waals surface area contributed by atoms with Crippen LogP contribution in [0.5, 0.6) is 0 Å². The largest absolute Gasteiger partial charge is 0.325 e. The molecule has 2 amide bonds. The minimum atomic E-state index is -0.129. The molecule has 1 fully saturated rings. The quantitative estimate of drug-likeness (QED) is 0.783. The maximum Gasteiger partial charge on any atom is 0.238 e. The van der Waals surface area contributed by atoms with Crippen molar-refractivity contribution in [2.24, 2.45) is 0 Å². The van der Waals surface area contributed by atoms with Crippen LogP contribution in [0.25, 0.3) is 0 Å². The van der Waals surface area contributed by atoms with Crippen molar-refractivity contribution in [3.05, 3.63) is 58.1 Å². The highest BCUT2D eigenvalue weighted by Crippen LogP contribution is 2.24. The lowest BCUT2D eigenvalue weighted by atomic mass is 10.2. The van der Waals surface area contributed by atoms with Crippen LogP contribution in [-0.4, -0.2) is 36.9 Å². The lowest BCUT2D eigenvalue weighted by molar-refractivity contribution is -0.117. The molecule has 27 heavy (non-hydrogen) atoms. The molecule has 0 aliphatic carbocycles. The van der Waals surface area contributed by atoms with Crippen molar-refractivity contribution in [1.82, 2.24) is 4.90 Å². The first-order chi connectivity index (χ1) is 12.9. The number of carbonyl (C=O) groups is 2. The van der Waals surface area contributed by atoms with Gasteiger partial charge in [0.15, 0.2) is 0 Å². The molecule has 1 heterocycles. The van der Waals surface area contributed by atoms with Gasteiger partial charge < -0.3 is 10.2 Å². The molecule has 1 aliphatic heterocycles. The van der Waals surface area contributed by atoms with E-state index >= 15 is 0 Å². The van der Waals surface area contributed by atoms with Gasteiger partial charge in [-0.1, -0.05) is 29.3 Å². The van der Waals surface area contributed by atoms with E-state index in [2.05, 4.69) is 5.32 Å². The Kier molecular flexibility index (Phi) is 6.37. The van der Waals surface area contributed by atoms with Gasteiger partial charge in [0.05, 0.1) is 6.54 Å². The molecule has 0 saturated carbocycles. The number of likely N-dealkylation sites (N-methyl/N-ethyl adjacent to an activating group) is 1. The van der Waals surface area contributed by atoms with Crippen LogP contribution in [-0.2, 0) is 16.1 Å². The first kappa shape index (κ1) is 19.7. The van der Waals surface area contributed by atoms with E-state index in [9.17, 15) is 9.59 Å². The van der Waals surface area contributed by atoms with Gasteiger partial charge in [-0.05, 0) is 55.4 Å². The van der Waals surface area contributed by atoms with Gasteiger partial charge >= 0.3 is 0 Å². The van der Waals surface area contributed by atoms with Gasteiger partial charge in [0.1, 0.15) is 0 Å². The number of hydrogen-bond acceptors (Lipinski definition) is 3. The van der Waals surface area contributed by atoms with E-state index in [1.807, 2.05) is 48.3 Å². The number of rotatable bonds is 6. The predicted octanol–water partition coefficient (Wildman–Crippen LogP) is 4.19. The molecule has 3 rings (SSSR count). The molecule has 142 valence electrons. The van der Waals surface area contributed by atoms with E-state index in [-0.39, 0.29) is 18.4 Å². The Bertz CT molecular complexity index is 837. The number of amides is 2. The van der Waals surface area contributed by atoms with E-state index in [1.54, 1.807) is 11.0 Å². The minimum absolute atomic E-state index is 0.124. The number of halogens is 2. The maximum absolute atomic E-state index is 12.4. The molecular formula is C20H21Cl2N3O2. The van der Waals surface area contributed by atoms with Crippen molar-refractivity contribution in [3.63, 3.8) is 0 Å². The summed E-state index contributed by atoms with van der Waals surface area (Å²) in [5.74, 6) is -0.00563. The molecule has 7 heteroatoms. The van der Waals surface area contributed by atoms with Crippen molar-refractivity contribution < 1.29 is 9.59 Å². The van der Waals surface area contributed by atoms with Gasteiger partial charge in [0.2, 0.25) is 11.8 Å². The second kappa shape index (κ2) is 8.74. The Labute approximate surface area is 168 Å². The smallest absolute Gasteiger partial charge is 0.238 e. The van der Waals surface area contributed by atoms with Crippen molar-refractivity contribution in [3.8, 4) is 0 Å². The molecular weight excluding hydrogens is 385 g/mol.